The van der Waals surface area contributed by atoms with Gasteiger partial charge in [-0.1, -0.05) is 25.4 Å². The molecule has 0 aliphatic heterocycles. The van der Waals surface area contributed by atoms with Crippen LogP contribution in [0, 0.1) is 0 Å². The van der Waals surface area contributed by atoms with Crippen molar-refractivity contribution in [3.8, 4) is 11.5 Å². The molecule has 1 aromatic carbocycles. The summed E-state index contributed by atoms with van der Waals surface area (Å²) in [4.78, 5) is 4.15. The highest BCUT2D eigenvalue weighted by Crippen LogP contribution is 2.33. The molecule has 0 radical (unpaired) electrons. The Balaban J connectivity index is 2.20. The molecule has 106 valence electrons. The van der Waals surface area contributed by atoms with E-state index in [0.717, 1.165) is 21.5 Å². The van der Waals surface area contributed by atoms with Gasteiger partial charge in [-0.05, 0) is 40.2 Å². The molecule has 2 rings (SSSR count). The van der Waals surface area contributed by atoms with Gasteiger partial charge in [-0.25, -0.2) is 0 Å². The van der Waals surface area contributed by atoms with Crippen molar-refractivity contribution in [1.29, 1.82) is 0 Å². The molecule has 0 atom stereocenters. The molecule has 0 bridgehead atoms. The molecule has 0 aliphatic rings. The van der Waals surface area contributed by atoms with Crippen LogP contribution in [-0.2, 0) is 6.54 Å². The number of hydrogen-bond acceptors (Lipinski definition) is 3. The number of halogens is 2. The van der Waals surface area contributed by atoms with Crippen molar-refractivity contribution >= 4 is 27.5 Å². The van der Waals surface area contributed by atoms with Crippen molar-refractivity contribution < 1.29 is 4.74 Å². The van der Waals surface area contributed by atoms with Gasteiger partial charge in [-0.2, -0.15) is 0 Å². The first-order chi connectivity index (χ1) is 9.56. The normalized spacial score (nSPS) is 10.8. The second-order valence-electron chi connectivity index (χ2n) is 4.70. The molecule has 20 heavy (non-hydrogen) atoms. The SMILES string of the molecule is CC(C)NCc1cnccc1Oc1ccc(Cl)cc1Br. The Kier molecular flexibility index (Phi) is 5.40. The standard InChI is InChI=1S/C15H16BrClN2O/c1-10(2)19-9-11-8-18-6-5-14(11)20-15-4-3-12(17)7-13(15)16/h3-8,10,19H,9H2,1-2H3. The second kappa shape index (κ2) is 7.07. The zero-order valence-electron chi connectivity index (χ0n) is 11.4. The summed E-state index contributed by atoms with van der Waals surface area (Å²) in [6, 6.07) is 7.72. The van der Waals surface area contributed by atoms with Gasteiger partial charge in [0, 0.05) is 35.6 Å². The molecule has 0 fully saturated rings. The first kappa shape index (κ1) is 15.3. The summed E-state index contributed by atoms with van der Waals surface area (Å²) in [6.45, 7) is 4.92. The minimum Gasteiger partial charge on any atom is -0.456 e. The summed E-state index contributed by atoms with van der Waals surface area (Å²) in [7, 11) is 0. The molecule has 0 saturated heterocycles. The number of benzene rings is 1. The Hall–Kier alpha value is -1.10. The number of nitrogens with one attached hydrogen (secondary N) is 1. The fourth-order valence-corrected chi connectivity index (χ4v) is 2.40. The van der Waals surface area contributed by atoms with Crippen LogP contribution in [0.2, 0.25) is 5.02 Å². The van der Waals surface area contributed by atoms with E-state index in [1.54, 1.807) is 12.3 Å². The molecule has 1 aromatic heterocycles. The van der Waals surface area contributed by atoms with Crippen molar-refractivity contribution in [1.82, 2.24) is 10.3 Å². The number of aromatic nitrogens is 1. The Morgan fingerprint density at radius 3 is 2.80 bits per heavy atom. The summed E-state index contributed by atoms with van der Waals surface area (Å²) >= 11 is 9.38. The predicted octanol–water partition coefficient (Wildman–Crippen LogP) is 4.79. The molecule has 0 amide bonds. The fourth-order valence-electron chi connectivity index (χ4n) is 1.64. The Bertz CT molecular complexity index is 590. The van der Waals surface area contributed by atoms with E-state index in [1.807, 2.05) is 24.4 Å². The molecule has 2 aromatic rings. The van der Waals surface area contributed by atoms with Crippen LogP contribution in [-0.4, -0.2) is 11.0 Å². The molecule has 5 heteroatoms. The van der Waals surface area contributed by atoms with E-state index in [0.29, 0.717) is 17.6 Å². The lowest BCUT2D eigenvalue weighted by molar-refractivity contribution is 0.465. The first-order valence-electron chi connectivity index (χ1n) is 6.35. The maximum atomic E-state index is 5.94. The largest absolute Gasteiger partial charge is 0.456 e. The fraction of sp³-hybridized carbons (Fsp3) is 0.267. The van der Waals surface area contributed by atoms with Gasteiger partial charge in [0.15, 0.2) is 0 Å². The van der Waals surface area contributed by atoms with Gasteiger partial charge >= 0.3 is 0 Å². The van der Waals surface area contributed by atoms with Crippen molar-refractivity contribution in [2.24, 2.45) is 0 Å². The van der Waals surface area contributed by atoms with E-state index >= 15 is 0 Å². The van der Waals surface area contributed by atoms with E-state index in [-0.39, 0.29) is 0 Å². The lowest BCUT2D eigenvalue weighted by atomic mass is 10.2. The van der Waals surface area contributed by atoms with Gasteiger partial charge in [0.1, 0.15) is 11.5 Å². The number of hydrogen-bond donors (Lipinski definition) is 1. The molecule has 1 N–H and O–H groups in total. The Morgan fingerprint density at radius 1 is 1.30 bits per heavy atom. The first-order valence-corrected chi connectivity index (χ1v) is 7.52. The van der Waals surface area contributed by atoms with Gasteiger partial charge in [-0.3, -0.25) is 4.98 Å². The molecular weight excluding hydrogens is 340 g/mol. The number of nitrogens with zero attached hydrogens (tertiary/aromatic N) is 1. The Morgan fingerprint density at radius 2 is 2.10 bits per heavy atom. The van der Waals surface area contributed by atoms with Crippen molar-refractivity contribution in [2.45, 2.75) is 26.4 Å². The van der Waals surface area contributed by atoms with E-state index in [1.165, 1.54) is 0 Å². The summed E-state index contributed by atoms with van der Waals surface area (Å²) in [5.74, 6) is 1.52. The van der Waals surface area contributed by atoms with Crippen molar-refractivity contribution in [3.05, 3.63) is 51.7 Å². The third-order valence-electron chi connectivity index (χ3n) is 2.67. The second-order valence-corrected chi connectivity index (χ2v) is 5.99. The van der Waals surface area contributed by atoms with Crippen molar-refractivity contribution in [3.63, 3.8) is 0 Å². The molecule has 0 aliphatic carbocycles. The summed E-state index contributed by atoms with van der Waals surface area (Å²) in [6.07, 6.45) is 3.53. The van der Waals surface area contributed by atoms with Crippen LogP contribution in [0.4, 0.5) is 0 Å². The zero-order valence-corrected chi connectivity index (χ0v) is 13.7. The van der Waals surface area contributed by atoms with Crippen LogP contribution in [0.1, 0.15) is 19.4 Å². The number of pyridine rings is 1. The molecule has 1 heterocycles. The average Bonchev–Trinajstić information content (AvgIpc) is 2.41. The number of ether oxygens (including phenoxy) is 1. The Labute approximate surface area is 132 Å². The van der Waals surface area contributed by atoms with Gasteiger partial charge in [0.05, 0.1) is 4.47 Å². The van der Waals surface area contributed by atoms with Gasteiger partial charge < -0.3 is 10.1 Å². The molecule has 0 spiro atoms. The quantitative estimate of drug-likeness (QED) is 0.837. The summed E-state index contributed by atoms with van der Waals surface area (Å²) in [5.41, 5.74) is 1.02. The van der Waals surface area contributed by atoms with Crippen LogP contribution in [0.15, 0.2) is 41.1 Å². The van der Waals surface area contributed by atoms with E-state index < -0.39 is 0 Å². The van der Waals surface area contributed by atoms with Gasteiger partial charge in [0.25, 0.3) is 0 Å². The summed E-state index contributed by atoms with van der Waals surface area (Å²) in [5, 5.41) is 4.03. The smallest absolute Gasteiger partial charge is 0.141 e. The van der Waals surface area contributed by atoms with Gasteiger partial charge in [0.2, 0.25) is 0 Å². The van der Waals surface area contributed by atoms with Crippen molar-refractivity contribution in [2.75, 3.05) is 0 Å². The molecule has 0 unspecified atom stereocenters. The highest BCUT2D eigenvalue weighted by molar-refractivity contribution is 9.10. The summed E-state index contributed by atoms with van der Waals surface area (Å²) < 4.78 is 6.77. The lowest BCUT2D eigenvalue weighted by Crippen LogP contribution is -2.22. The maximum Gasteiger partial charge on any atom is 0.141 e. The molecule has 3 nitrogen and oxygen atoms in total. The van der Waals surface area contributed by atoms with Crippen LogP contribution in [0.25, 0.3) is 0 Å². The van der Waals surface area contributed by atoms with Crippen LogP contribution >= 0.6 is 27.5 Å². The van der Waals surface area contributed by atoms with E-state index in [2.05, 4.69) is 40.1 Å². The minimum absolute atomic E-state index is 0.408. The van der Waals surface area contributed by atoms with Gasteiger partial charge in [-0.15, -0.1) is 0 Å². The monoisotopic (exact) mass is 354 g/mol. The molecular formula is C15H16BrClN2O. The van der Waals surface area contributed by atoms with Crippen LogP contribution in [0.3, 0.4) is 0 Å². The topological polar surface area (TPSA) is 34.2 Å². The third kappa shape index (κ3) is 4.20. The highest BCUT2D eigenvalue weighted by Gasteiger charge is 2.08. The van der Waals surface area contributed by atoms with Crippen LogP contribution in [0.5, 0.6) is 11.5 Å². The minimum atomic E-state index is 0.408. The lowest BCUT2D eigenvalue weighted by Gasteiger charge is -2.14. The van der Waals surface area contributed by atoms with Crippen LogP contribution < -0.4 is 10.1 Å². The van der Waals surface area contributed by atoms with E-state index in [4.69, 9.17) is 16.3 Å². The average molecular weight is 356 g/mol. The highest BCUT2D eigenvalue weighted by atomic mass is 79.9. The zero-order chi connectivity index (χ0) is 14.5. The third-order valence-corrected chi connectivity index (χ3v) is 3.53. The van der Waals surface area contributed by atoms with E-state index in [9.17, 15) is 0 Å². The maximum absolute atomic E-state index is 5.94. The molecule has 0 saturated carbocycles. The predicted molar refractivity (Wildman–Crippen MR) is 85.4 cm³/mol. The number of rotatable bonds is 5.